The van der Waals surface area contributed by atoms with Gasteiger partial charge in [-0.05, 0) is 32.6 Å². The Morgan fingerprint density at radius 1 is 1.30 bits per heavy atom. The van der Waals surface area contributed by atoms with Crippen LogP contribution in [0.5, 0.6) is 0 Å². The van der Waals surface area contributed by atoms with Gasteiger partial charge in [0.25, 0.3) is 0 Å². The largest absolute Gasteiger partial charge is 0.308 e. The molecule has 1 aromatic heterocycles. The zero-order chi connectivity index (χ0) is 16.8. The van der Waals surface area contributed by atoms with Gasteiger partial charge in [-0.25, -0.2) is 4.98 Å². The van der Waals surface area contributed by atoms with Gasteiger partial charge in [-0.15, -0.1) is 0 Å². The lowest BCUT2D eigenvalue weighted by Crippen LogP contribution is -2.39. The maximum atomic E-state index is 8.98. The summed E-state index contributed by atoms with van der Waals surface area (Å²) in [5.41, 5.74) is 2.61. The number of nitrogens with one attached hydrogen (secondary N) is 1. The number of aromatic nitrogens is 1. The van der Waals surface area contributed by atoms with Crippen LogP contribution in [-0.2, 0) is 6.54 Å². The van der Waals surface area contributed by atoms with Gasteiger partial charge in [0.05, 0.1) is 5.56 Å². The number of nitrogens with zero attached hydrogens (tertiary/aromatic N) is 3. The topological polar surface area (TPSA) is 52.0 Å². The molecule has 0 spiro atoms. The molecule has 120 valence electrons. The standard InChI is InChI=1S/C18H21ClN4/c1-13(17(23(2)3)15-7-5-4-6-8-15)21-12-16-9-14(10-20)11-22-18(16)19/h4-9,11,13,17,21H,12H2,1-3H3. The van der Waals surface area contributed by atoms with Gasteiger partial charge in [0.15, 0.2) is 0 Å². The molecule has 0 aliphatic rings. The van der Waals surface area contributed by atoms with Gasteiger partial charge >= 0.3 is 0 Å². The van der Waals surface area contributed by atoms with Crippen molar-refractivity contribution in [1.29, 1.82) is 5.26 Å². The first-order valence-corrected chi connectivity index (χ1v) is 7.90. The average Bonchev–Trinajstić information content (AvgIpc) is 2.55. The second-order valence-electron chi connectivity index (χ2n) is 5.77. The molecule has 0 bridgehead atoms. The molecule has 1 N–H and O–H groups in total. The van der Waals surface area contributed by atoms with E-state index in [9.17, 15) is 0 Å². The van der Waals surface area contributed by atoms with E-state index in [2.05, 4.69) is 66.6 Å². The first-order valence-electron chi connectivity index (χ1n) is 7.52. The molecule has 2 unspecified atom stereocenters. The van der Waals surface area contributed by atoms with Crippen LogP contribution in [0.25, 0.3) is 0 Å². The van der Waals surface area contributed by atoms with Gasteiger partial charge in [0.1, 0.15) is 11.2 Å². The zero-order valence-corrected chi connectivity index (χ0v) is 14.4. The quantitative estimate of drug-likeness (QED) is 0.826. The number of pyridine rings is 1. The summed E-state index contributed by atoms with van der Waals surface area (Å²) in [6.07, 6.45) is 1.49. The second kappa shape index (κ2) is 8.07. The van der Waals surface area contributed by atoms with Crippen LogP contribution in [0, 0.1) is 11.3 Å². The molecule has 2 atom stereocenters. The van der Waals surface area contributed by atoms with Gasteiger partial charge < -0.3 is 10.2 Å². The molecule has 2 rings (SSSR count). The van der Waals surface area contributed by atoms with Crippen LogP contribution < -0.4 is 5.32 Å². The highest BCUT2D eigenvalue weighted by molar-refractivity contribution is 6.30. The van der Waals surface area contributed by atoms with Crippen LogP contribution in [0.15, 0.2) is 42.6 Å². The molecule has 0 aliphatic heterocycles. The summed E-state index contributed by atoms with van der Waals surface area (Å²) in [5, 5.41) is 12.9. The number of hydrogen-bond acceptors (Lipinski definition) is 4. The van der Waals surface area contributed by atoms with Gasteiger partial charge in [-0.2, -0.15) is 5.26 Å². The molecule has 1 heterocycles. The lowest BCUT2D eigenvalue weighted by Gasteiger charge is -2.31. The minimum Gasteiger partial charge on any atom is -0.308 e. The molecular weight excluding hydrogens is 308 g/mol. The number of halogens is 1. The van der Waals surface area contributed by atoms with E-state index in [1.165, 1.54) is 11.8 Å². The number of likely N-dealkylation sites (N-methyl/N-ethyl adjacent to an activating group) is 1. The molecular formula is C18H21ClN4. The molecule has 4 nitrogen and oxygen atoms in total. The van der Waals surface area contributed by atoms with Crippen LogP contribution in [0.3, 0.4) is 0 Å². The summed E-state index contributed by atoms with van der Waals surface area (Å²) in [4.78, 5) is 6.25. The van der Waals surface area contributed by atoms with Gasteiger partial charge in [-0.1, -0.05) is 41.9 Å². The first-order chi connectivity index (χ1) is 11.0. The van der Waals surface area contributed by atoms with Crippen molar-refractivity contribution in [2.75, 3.05) is 14.1 Å². The van der Waals surface area contributed by atoms with E-state index in [4.69, 9.17) is 16.9 Å². The van der Waals surface area contributed by atoms with Crippen LogP contribution in [0.2, 0.25) is 5.15 Å². The second-order valence-corrected chi connectivity index (χ2v) is 6.13. The molecule has 0 radical (unpaired) electrons. The first kappa shape index (κ1) is 17.4. The summed E-state index contributed by atoms with van der Waals surface area (Å²) >= 11 is 6.12. The Labute approximate surface area is 142 Å². The number of benzene rings is 1. The summed E-state index contributed by atoms with van der Waals surface area (Å²) in [5.74, 6) is 0. The summed E-state index contributed by atoms with van der Waals surface area (Å²) in [6, 6.07) is 14.7. The van der Waals surface area contributed by atoms with E-state index in [1.807, 2.05) is 6.07 Å². The Hall–Kier alpha value is -1.93. The van der Waals surface area contributed by atoms with Crippen LogP contribution in [0.4, 0.5) is 0 Å². The number of hydrogen-bond donors (Lipinski definition) is 1. The molecule has 1 aromatic carbocycles. The van der Waals surface area contributed by atoms with Crippen molar-refractivity contribution in [3.63, 3.8) is 0 Å². The van der Waals surface area contributed by atoms with E-state index < -0.39 is 0 Å². The number of nitriles is 1. The molecule has 2 aromatic rings. The van der Waals surface area contributed by atoms with E-state index in [0.717, 1.165) is 5.56 Å². The zero-order valence-electron chi connectivity index (χ0n) is 13.6. The van der Waals surface area contributed by atoms with Crippen LogP contribution in [-0.4, -0.2) is 30.0 Å². The lowest BCUT2D eigenvalue weighted by atomic mass is 9.99. The Balaban J connectivity index is 2.11. The fourth-order valence-electron chi connectivity index (χ4n) is 2.75. The third-order valence-electron chi connectivity index (χ3n) is 3.83. The highest BCUT2D eigenvalue weighted by Crippen LogP contribution is 2.22. The SMILES string of the molecule is CC(NCc1cc(C#N)cnc1Cl)C(c1ccccc1)N(C)C. The third kappa shape index (κ3) is 4.52. The van der Waals surface area contributed by atoms with Gasteiger partial charge in [0, 0.05) is 30.4 Å². The summed E-state index contributed by atoms with van der Waals surface area (Å²) in [7, 11) is 4.14. The molecule has 5 heteroatoms. The molecule has 0 saturated carbocycles. The lowest BCUT2D eigenvalue weighted by molar-refractivity contribution is 0.239. The van der Waals surface area contributed by atoms with Gasteiger partial charge in [0.2, 0.25) is 0 Å². The van der Waals surface area contributed by atoms with Crippen molar-refractivity contribution in [2.45, 2.75) is 25.6 Å². The van der Waals surface area contributed by atoms with Crippen molar-refractivity contribution in [1.82, 2.24) is 15.2 Å². The van der Waals surface area contributed by atoms with Crippen molar-refractivity contribution in [3.8, 4) is 6.07 Å². The monoisotopic (exact) mass is 328 g/mol. The summed E-state index contributed by atoms with van der Waals surface area (Å²) < 4.78 is 0. The minimum absolute atomic E-state index is 0.203. The molecule has 0 fully saturated rings. The normalized spacial score (nSPS) is 13.6. The van der Waals surface area contributed by atoms with E-state index in [1.54, 1.807) is 6.07 Å². The van der Waals surface area contributed by atoms with E-state index in [-0.39, 0.29) is 12.1 Å². The maximum absolute atomic E-state index is 8.98. The van der Waals surface area contributed by atoms with Crippen molar-refractivity contribution < 1.29 is 0 Å². The summed E-state index contributed by atoms with van der Waals surface area (Å²) in [6.45, 7) is 2.72. The smallest absolute Gasteiger partial charge is 0.133 e. The molecule has 0 amide bonds. The fraction of sp³-hybridized carbons (Fsp3) is 0.333. The Kier molecular flexibility index (Phi) is 6.12. The Morgan fingerprint density at radius 3 is 2.61 bits per heavy atom. The molecule has 0 aliphatic carbocycles. The minimum atomic E-state index is 0.203. The van der Waals surface area contributed by atoms with Crippen LogP contribution >= 0.6 is 11.6 Å². The molecule has 23 heavy (non-hydrogen) atoms. The highest BCUT2D eigenvalue weighted by Gasteiger charge is 2.21. The Bertz CT molecular complexity index is 679. The van der Waals surface area contributed by atoms with Crippen molar-refractivity contribution in [2.24, 2.45) is 0 Å². The van der Waals surface area contributed by atoms with Crippen LogP contribution in [0.1, 0.15) is 29.7 Å². The van der Waals surface area contributed by atoms with Gasteiger partial charge in [-0.3, -0.25) is 0 Å². The predicted octanol–water partition coefficient (Wildman–Crippen LogP) is 3.39. The van der Waals surface area contributed by atoms with E-state index in [0.29, 0.717) is 17.3 Å². The predicted molar refractivity (Wildman–Crippen MR) is 93.1 cm³/mol. The molecule has 0 saturated heterocycles. The maximum Gasteiger partial charge on any atom is 0.133 e. The fourth-order valence-corrected chi connectivity index (χ4v) is 2.92. The van der Waals surface area contributed by atoms with Crippen molar-refractivity contribution >= 4 is 11.6 Å². The van der Waals surface area contributed by atoms with E-state index >= 15 is 0 Å². The Morgan fingerprint density at radius 2 is 2.00 bits per heavy atom. The van der Waals surface area contributed by atoms with Crippen molar-refractivity contribution in [3.05, 3.63) is 64.4 Å². The average molecular weight is 329 g/mol. The number of rotatable bonds is 6. The highest BCUT2D eigenvalue weighted by atomic mass is 35.5. The third-order valence-corrected chi connectivity index (χ3v) is 4.17.